The number of hydrogen-bond donors (Lipinski definition) is 3. The van der Waals surface area contributed by atoms with Gasteiger partial charge in [-0.05, 0) is 12.8 Å². The van der Waals surface area contributed by atoms with E-state index in [0.29, 0.717) is 12.8 Å². The largest absolute Gasteiger partial charge is 0.481 e. The summed E-state index contributed by atoms with van der Waals surface area (Å²) in [6.07, 6.45) is 1.17. The van der Waals surface area contributed by atoms with Crippen LogP contribution >= 0.6 is 0 Å². The van der Waals surface area contributed by atoms with E-state index in [-0.39, 0.29) is 19.0 Å². The maximum atomic E-state index is 11.5. The molecule has 7 nitrogen and oxygen atoms in total. The highest BCUT2D eigenvalue weighted by Gasteiger charge is 2.50. The fraction of sp³-hybridized carbons (Fsp3) is 0.700. The van der Waals surface area contributed by atoms with E-state index >= 15 is 0 Å². The molecule has 0 heterocycles. The molecule has 1 aliphatic rings. The van der Waals surface area contributed by atoms with E-state index in [1.54, 1.807) is 0 Å². The predicted octanol–water partition coefficient (Wildman–Crippen LogP) is -0.761. The SMILES string of the molecule is CNC(=O)CN(C)C(=O)NCC1(C(=O)O)CC1. The molecule has 0 radical (unpaired) electrons. The first kappa shape index (κ1) is 13.3. The van der Waals surface area contributed by atoms with E-state index in [9.17, 15) is 14.4 Å². The van der Waals surface area contributed by atoms with Crippen LogP contribution in [0.2, 0.25) is 0 Å². The van der Waals surface area contributed by atoms with Crippen molar-refractivity contribution in [1.29, 1.82) is 0 Å². The van der Waals surface area contributed by atoms with Crippen molar-refractivity contribution in [2.45, 2.75) is 12.8 Å². The summed E-state index contributed by atoms with van der Waals surface area (Å²) >= 11 is 0. The molecule has 0 aromatic carbocycles. The van der Waals surface area contributed by atoms with Crippen LogP contribution in [0.5, 0.6) is 0 Å². The number of nitrogens with zero attached hydrogens (tertiary/aromatic N) is 1. The minimum atomic E-state index is -0.883. The van der Waals surface area contributed by atoms with Gasteiger partial charge in [0.1, 0.15) is 6.54 Å². The molecule has 7 heteroatoms. The highest BCUT2D eigenvalue weighted by Crippen LogP contribution is 2.45. The number of nitrogens with one attached hydrogen (secondary N) is 2. The monoisotopic (exact) mass is 243 g/mol. The fourth-order valence-electron chi connectivity index (χ4n) is 1.36. The van der Waals surface area contributed by atoms with Gasteiger partial charge in [-0.15, -0.1) is 0 Å². The Bertz CT molecular complexity index is 338. The molecule has 0 spiro atoms. The van der Waals surface area contributed by atoms with Crippen molar-refractivity contribution in [3.63, 3.8) is 0 Å². The van der Waals surface area contributed by atoms with Crippen molar-refractivity contribution in [2.24, 2.45) is 5.41 Å². The Balaban J connectivity index is 2.34. The van der Waals surface area contributed by atoms with Crippen molar-refractivity contribution >= 4 is 17.9 Å². The van der Waals surface area contributed by atoms with Gasteiger partial charge in [0.25, 0.3) is 0 Å². The van der Waals surface area contributed by atoms with Crippen LogP contribution in [0.25, 0.3) is 0 Å². The van der Waals surface area contributed by atoms with E-state index < -0.39 is 17.4 Å². The molecule has 0 aromatic rings. The van der Waals surface area contributed by atoms with Crippen molar-refractivity contribution < 1.29 is 19.5 Å². The summed E-state index contributed by atoms with van der Waals surface area (Å²) in [7, 11) is 2.96. The molecule has 17 heavy (non-hydrogen) atoms. The maximum Gasteiger partial charge on any atom is 0.317 e. The van der Waals surface area contributed by atoms with Gasteiger partial charge in [-0.2, -0.15) is 0 Å². The number of carboxylic acid groups (broad SMARTS) is 1. The Kier molecular flexibility index (Phi) is 3.93. The molecule has 3 amide bonds. The van der Waals surface area contributed by atoms with E-state index in [1.165, 1.54) is 19.0 Å². The minimum Gasteiger partial charge on any atom is -0.481 e. The first-order valence-electron chi connectivity index (χ1n) is 5.34. The van der Waals surface area contributed by atoms with E-state index in [2.05, 4.69) is 10.6 Å². The third-order valence-electron chi connectivity index (χ3n) is 2.89. The van der Waals surface area contributed by atoms with Crippen molar-refractivity contribution in [2.75, 3.05) is 27.2 Å². The van der Waals surface area contributed by atoms with Crippen molar-refractivity contribution in [3.8, 4) is 0 Å². The Morgan fingerprint density at radius 2 is 1.94 bits per heavy atom. The molecule has 1 fully saturated rings. The van der Waals surface area contributed by atoms with E-state index in [0.717, 1.165) is 0 Å². The Morgan fingerprint density at radius 3 is 2.35 bits per heavy atom. The zero-order chi connectivity index (χ0) is 13.1. The molecule has 1 aliphatic carbocycles. The van der Waals surface area contributed by atoms with Gasteiger partial charge in [0.15, 0.2) is 0 Å². The number of amides is 3. The number of carbonyl (C=O) groups excluding carboxylic acids is 2. The van der Waals surface area contributed by atoms with Gasteiger partial charge in [0.05, 0.1) is 5.41 Å². The zero-order valence-electron chi connectivity index (χ0n) is 9.95. The third-order valence-corrected chi connectivity index (χ3v) is 2.89. The van der Waals surface area contributed by atoms with Gasteiger partial charge in [0.2, 0.25) is 5.91 Å². The normalized spacial score (nSPS) is 15.9. The number of likely N-dealkylation sites (N-methyl/N-ethyl adjacent to an activating group) is 2. The summed E-state index contributed by atoms with van der Waals surface area (Å²) < 4.78 is 0. The molecule has 1 rings (SSSR count). The molecule has 0 unspecified atom stereocenters. The number of urea groups is 1. The van der Waals surface area contributed by atoms with Crippen LogP contribution in [-0.2, 0) is 9.59 Å². The second kappa shape index (κ2) is 5.03. The molecule has 1 saturated carbocycles. The van der Waals surface area contributed by atoms with E-state index in [4.69, 9.17) is 5.11 Å². The van der Waals surface area contributed by atoms with Crippen LogP contribution in [0.3, 0.4) is 0 Å². The first-order valence-corrected chi connectivity index (χ1v) is 5.34. The lowest BCUT2D eigenvalue weighted by Gasteiger charge is -2.18. The summed E-state index contributed by atoms with van der Waals surface area (Å²) in [5.41, 5.74) is -0.788. The summed E-state index contributed by atoms with van der Waals surface area (Å²) in [5.74, 6) is -1.16. The fourth-order valence-corrected chi connectivity index (χ4v) is 1.36. The zero-order valence-corrected chi connectivity index (χ0v) is 9.95. The Hall–Kier alpha value is -1.79. The highest BCUT2D eigenvalue weighted by molar-refractivity contribution is 5.84. The van der Waals surface area contributed by atoms with Crippen molar-refractivity contribution in [3.05, 3.63) is 0 Å². The lowest BCUT2D eigenvalue weighted by atomic mass is 10.1. The average Bonchev–Trinajstić information content (AvgIpc) is 3.06. The van der Waals surface area contributed by atoms with Crippen LogP contribution in [0.4, 0.5) is 4.79 Å². The average molecular weight is 243 g/mol. The molecule has 0 saturated heterocycles. The van der Waals surface area contributed by atoms with Gasteiger partial charge in [-0.3, -0.25) is 9.59 Å². The number of aliphatic carboxylic acids is 1. The molecule has 0 aromatic heterocycles. The minimum absolute atomic E-state index is 0.0532. The second-order valence-electron chi connectivity index (χ2n) is 4.27. The van der Waals surface area contributed by atoms with Gasteiger partial charge >= 0.3 is 12.0 Å². The van der Waals surface area contributed by atoms with Crippen LogP contribution in [-0.4, -0.2) is 55.1 Å². The quantitative estimate of drug-likeness (QED) is 0.591. The number of carboxylic acids is 1. The smallest absolute Gasteiger partial charge is 0.317 e. The lowest BCUT2D eigenvalue weighted by molar-refractivity contribution is -0.143. The summed E-state index contributed by atoms with van der Waals surface area (Å²) in [5, 5.41) is 13.8. The lowest BCUT2D eigenvalue weighted by Crippen LogP contribution is -2.45. The first-order chi connectivity index (χ1) is 7.91. The summed E-state index contributed by atoms with van der Waals surface area (Å²) in [6.45, 7) is 0.0572. The van der Waals surface area contributed by atoms with Crippen LogP contribution in [0, 0.1) is 5.41 Å². The topological polar surface area (TPSA) is 98.7 Å². The molecular weight excluding hydrogens is 226 g/mol. The van der Waals surface area contributed by atoms with Gasteiger partial charge in [0, 0.05) is 20.6 Å². The Labute approximate surface area is 99.2 Å². The third kappa shape index (κ3) is 3.33. The molecule has 3 N–H and O–H groups in total. The van der Waals surface area contributed by atoms with Gasteiger partial charge in [-0.25, -0.2) is 4.79 Å². The standard InChI is InChI=1S/C10H17N3O4/c1-11-7(14)5-13(2)9(17)12-6-10(3-4-10)8(15)16/h3-6H2,1-2H3,(H,11,14)(H,12,17)(H,15,16). The molecule has 0 atom stereocenters. The van der Waals surface area contributed by atoms with Crippen molar-refractivity contribution in [1.82, 2.24) is 15.5 Å². The van der Waals surface area contributed by atoms with E-state index in [1.807, 2.05) is 0 Å². The van der Waals surface area contributed by atoms with Crippen LogP contribution in [0.1, 0.15) is 12.8 Å². The predicted molar refractivity (Wildman–Crippen MR) is 59.4 cm³/mol. The van der Waals surface area contributed by atoms with Gasteiger partial charge < -0.3 is 20.6 Å². The second-order valence-corrected chi connectivity index (χ2v) is 4.27. The maximum absolute atomic E-state index is 11.5. The number of carbonyl (C=O) groups is 3. The summed E-state index contributed by atoms with van der Waals surface area (Å²) in [4.78, 5) is 34.6. The molecule has 96 valence electrons. The highest BCUT2D eigenvalue weighted by atomic mass is 16.4. The number of hydrogen-bond acceptors (Lipinski definition) is 3. The molecule has 0 bridgehead atoms. The molecule has 0 aliphatic heterocycles. The number of rotatable bonds is 5. The van der Waals surface area contributed by atoms with Crippen LogP contribution in [0.15, 0.2) is 0 Å². The molecular formula is C10H17N3O4. The Morgan fingerprint density at radius 1 is 1.35 bits per heavy atom. The van der Waals surface area contributed by atoms with Gasteiger partial charge in [-0.1, -0.05) is 0 Å². The van der Waals surface area contributed by atoms with Crippen LogP contribution < -0.4 is 10.6 Å². The summed E-state index contributed by atoms with van der Waals surface area (Å²) in [6, 6.07) is -0.443.